The van der Waals surface area contributed by atoms with E-state index in [2.05, 4.69) is 0 Å². The first kappa shape index (κ1) is 12.1. The van der Waals surface area contributed by atoms with Crippen LogP contribution < -0.4 is 5.73 Å². The van der Waals surface area contributed by atoms with E-state index in [0.717, 1.165) is 16.3 Å². The largest absolute Gasteiger partial charge is 0.329 e. The van der Waals surface area contributed by atoms with E-state index in [1.807, 2.05) is 42.5 Å². The Balaban J connectivity index is 2.43. The van der Waals surface area contributed by atoms with Gasteiger partial charge in [0, 0.05) is 6.54 Å². The molecule has 2 aromatic rings. The van der Waals surface area contributed by atoms with E-state index >= 15 is 0 Å². The normalized spacial score (nSPS) is 11.8. The number of hydrogen-bond donors (Lipinski definition) is 1. The Bertz CT molecular complexity index is 615. The van der Waals surface area contributed by atoms with Gasteiger partial charge in [-0.25, -0.2) is 8.42 Å². The highest BCUT2D eigenvalue weighted by atomic mass is 32.2. The number of benzene rings is 2. The van der Waals surface area contributed by atoms with E-state index in [4.69, 9.17) is 5.73 Å². The van der Waals surface area contributed by atoms with Crippen LogP contribution in [0.1, 0.15) is 5.56 Å². The fourth-order valence-electron chi connectivity index (χ4n) is 1.91. The van der Waals surface area contributed by atoms with Crippen molar-refractivity contribution < 1.29 is 8.42 Å². The van der Waals surface area contributed by atoms with Crippen LogP contribution in [-0.2, 0) is 15.6 Å². The molecule has 0 amide bonds. The SMILES string of the molecule is NCCS(=O)(=O)Cc1cccc2ccccc12. The molecule has 0 bridgehead atoms. The summed E-state index contributed by atoms with van der Waals surface area (Å²) in [5, 5.41) is 2.06. The Morgan fingerprint density at radius 3 is 2.47 bits per heavy atom. The molecule has 2 rings (SSSR count). The lowest BCUT2D eigenvalue weighted by Crippen LogP contribution is -2.17. The van der Waals surface area contributed by atoms with Gasteiger partial charge in [-0.05, 0) is 16.3 Å². The van der Waals surface area contributed by atoms with Crippen LogP contribution >= 0.6 is 0 Å². The van der Waals surface area contributed by atoms with Gasteiger partial charge in [-0.1, -0.05) is 42.5 Å². The molecule has 0 aromatic heterocycles. The Hall–Kier alpha value is -1.39. The number of rotatable bonds is 4. The van der Waals surface area contributed by atoms with Crippen LogP contribution in [0.3, 0.4) is 0 Å². The average molecular weight is 249 g/mol. The average Bonchev–Trinajstić information content (AvgIpc) is 2.29. The van der Waals surface area contributed by atoms with Gasteiger partial charge in [0.2, 0.25) is 0 Å². The predicted octanol–water partition coefficient (Wildman–Crippen LogP) is 1.71. The molecule has 0 heterocycles. The van der Waals surface area contributed by atoms with Crippen LogP contribution in [0.2, 0.25) is 0 Å². The minimum absolute atomic E-state index is 0.0379. The van der Waals surface area contributed by atoms with E-state index in [9.17, 15) is 8.42 Å². The second kappa shape index (κ2) is 4.85. The third kappa shape index (κ3) is 2.84. The molecule has 3 nitrogen and oxygen atoms in total. The molecule has 0 unspecified atom stereocenters. The summed E-state index contributed by atoms with van der Waals surface area (Å²) in [6, 6.07) is 13.5. The van der Waals surface area contributed by atoms with Crippen molar-refractivity contribution >= 4 is 20.6 Å². The molecule has 90 valence electrons. The molecule has 4 heteroatoms. The van der Waals surface area contributed by atoms with Crippen molar-refractivity contribution in [3.8, 4) is 0 Å². The summed E-state index contributed by atoms with van der Waals surface area (Å²) < 4.78 is 23.5. The van der Waals surface area contributed by atoms with Crippen LogP contribution in [-0.4, -0.2) is 20.7 Å². The molecule has 0 aliphatic rings. The summed E-state index contributed by atoms with van der Waals surface area (Å²) in [5.41, 5.74) is 6.15. The summed E-state index contributed by atoms with van der Waals surface area (Å²) in [6.07, 6.45) is 0. The fourth-order valence-corrected chi connectivity index (χ4v) is 3.14. The lowest BCUT2D eigenvalue weighted by atomic mass is 10.1. The lowest BCUT2D eigenvalue weighted by molar-refractivity contribution is 0.595. The van der Waals surface area contributed by atoms with Crippen molar-refractivity contribution in [2.45, 2.75) is 5.75 Å². The smallest absolute Gasteiger partial charge is 0.155 e. The van der Waals surface area contributed by atoms with Crippen LogP contribution in [0.15, 0.2) is 42.5 Å². The minimum atomic E-state index is -3.10. The Morgan fingerprint density at radius 2 is 1.71 bits per heavy atom. The third-order valence-corrected chi connectivity index (χ3v) is 4.29. The number of sulfone groups is 1. The first-order valence-electron chi connectivity index (χ1n) is 5.49. The van der Waals surface area contributed by atoms with Crippen molar-refractivity contribution in [1.82, 2.24) is 0 Å². The zero-order chi connectivity index (χ0) is 12.3. The number of fused-ring (bicyclic) bond motifs is 1. The van der Waals surface area contributed by atoms with Crippen molar-refractivity contribution in [2.75, 3.05) is 12.3 Å². The molecule has 2 aromatic carbocycles. The molecule has 0 fully saturated rings. The maximum atomic E-state index is 11.8. The third-order valence-electron chi connectivity index (χ3n) is 2.68. The Morgan fingerprint density at radius 1 is 1.00 bits per heavy atom. The summed E-state index contributed by atoms with van der Waals surface area (Å²) in [6.45, 7) is 0.174. The zero-order valence-electron chi connectivity index (χ0n) is 9.46. The van der Waals surface area contributed by atoms with Crippen LogP contribution in [0, 0.1) is 0 Å². The second-order valence-corrected chi connectivity index (χ2v) is 6.20. The maximum absolute atomic E-state index is 11.8. The highest BCUT2D eigenvalue weighted by Gasteiger charge is 2.12. The van der Waals surface area contributed by atoms with Crippen molar-refractivity contribution in [1.29, 1.82) is 0 Å². The quantitative estimate of drug-likeness (QED) is 0.897. The van der Waals surface area contributed by atoms with Gasteiger partial charge in [0.05, 0.1) is 11.5 Å². The summed E-state index contributed by atoms with van der Waals surface area (Å²) in [4.78, 5) is 0. The number of hydrogen-bond acceptors (Lipinski definition) is 3. The molecular formula is C13H15NO2S. The predicted molar refractivity (Wildman–Crippen MR) is 70.5 cm³/mol. The minimum Gasteiger partial charge on any atom is -0.329 e. The van der Waals surface area contributed by atoms with Gasteiger partial charge in [-0.15, -0.1) is 0 Å². The van der Waals surface area contributed by atoms with Crippen molar-refractivity contribution in [3.05, 3.63) is 48.0 Å². The van der Waals surface area contributed by atoms with Crippen molar-refractivity contribution in [3.63, 3.8) is 0 Å². The lowest BCUT2D eigenvalue weighted by Gasteiger charge is -2.07. The van der Waals surface area contributed by atoms with Gasteiger partial charge >= 0.3 is 0 Å². The van der Waals surface area contributed by atoms with Crippen LogP contribution in [0.4, 0.5) is 0 Å². The molecule has 0 saturated carbocycles. The molecule has 0 radical (unpaired) electrons. The van der Waals surface area contributed by atoms with Gasteiger partial charge in [0.15, 0.2) is 9.84 Å². The van der Waals surface area contributed by atoms with E-state index < -0.39 is 9.84 Å². The van der Waals surface area contributed by atoms with E-state index in [0.29, 0.717) is 0 Å². The van der Waals surface area contributed by atoms with Crippen molar-refractivity contribution in [2.24, 2.45) is 5.73 Å². The molecule has 0 saturated heterocycles. The summed E-state index contributed by atoms with van der Waals surface area (Å²) in [7, 11) is -3.10. The second-order valence-electron chi connectivity index (χ2n) is 4.02. The van der Waals surface area contributed by atoms with E-state index in [1.54, 1.807) is 0 Å². The molecule has 0 atom stereocenters. The highest BCUT2D eigenvalue weighted by Crippen LogP contribution is 2.20. The van der Waals surface area contributed by atoms with E-state index in [-0.39, 0.29) is 18.1 Å². The molecule has 17 heavy (non-hydrogen) atoms. The first-order chi connectivity index (χ1) is 8.12. The monoisotopic (exact) mass is 249 g/mol. The fraction of sp³-hybridized carbons (Fsp3) is 0.231. The first-order valence-corrected chi connectivity index (χ1v) is 7.32. The number of nitrogens with two attached hydrogens (primary N) is 1. The zero-order valence-corrected chi connectivity index (χ0v) is 10.3. The summed E-state index contributed by atoms with van der Waals surface area (Å²) >= 11 is 0. The van der Waals surface area contributed by atoms with Crippen LogP contribution in [0.5, 0.6) is 0 Å². The molecule has 0 spiro atoms. The van der Waals surface area contributed by atoms with Gasteiger partial charge in [0.1, 0.15) is 0 Å². The van der Waals surface area contributed by atoms with Gasteiger partial charge in [-0.3, -0.25) is 0 Å². The molecule has 0 aliphatic carbocycles. The molecule has 2 N–H and O–H groups in total. The van der Waals surface area contributed by atoms with E-state index in [1.165, 1.54) is 0 Å². The Labute approximate surface area is 101 Å². The van der Waals surface area contributed by atoms with Gasteiger partial charge in [0.25, 0.3) is 0 Å². The standard InChI is InChI=1S/C13H15NO2S/c14-8-9-17(15,16)10-12-6-3-5-11-4-1-2-7-13(11)12/h1-7H,8-10,14H2. The van der Waals surface area contributed by atoms with Crippen LogP contribution in [0.25, 0.3) is 10.8 Å². The molecule has 0 aliphatic heterocycles. The Kier molecular flexibility index (Phi) is 3.45. The molecular weight excluding hydrogens is 234 g/mol. The maximum Gasteiger partial charge on any atom is 0.155 e. The van der Waals surface area contributed by atoms with Gasteiger partial charge in [-0.2, -0.15) is 0 Å². The topological polar surface area (TPSA) is 60.2 Å². The summed E-state index contributed by atoms with van der Waals surface area (Å²) in [5.74, 6) is 0.0990. The van der Waals surface area contributed by atoms with Gasteiger partial charge < -0.3 is 5.73 Å². The highest BCUT2D eigenvalue weighted by molar-refractivity contribution is 7.90.